The summed E-state index contributed by atoms with van der Waals surface area (Å²) in [6.07, 6.45) is 8.01. The van der Waals surface area contributed by atoms with Crippen LogP contribution in [0.5, 0.6) is 0 Å². The lowest BCUT2D eigenvalue weighted by Crippen LogP contribution is -2.34. The van der Waals surface area contributed by atoms with Crippen LogP contribution in [0.15, 0.2) is 6.33 Å². The fourth-order valence-corrected chi connectivity index (χ4v) is 3.00. The van der Waals surface area contributed by atoms with Gasteiger partial charge in [0.1, 0.15) is 12.2 Å². The molecule has 5 nitrogen and oxygen atoms in total. The molecule has 0 aromatic carbocycles. The van der Waals surface area contributed by atoms with Crippen LogP contribution in [0.25, 0.3) is 0 Å². The molecule has 1 fully saturated rings. The monoisotopic (exact) mass is 265 g/mol. The highest BCUT2D eigenvalue weighted by Crippen LogP contribution is 2.38. The molecule has 0 unspecified atom stereocenters. The van der Waals surface area contributed by atoms with E-state index >= 15 is 0 Å². The molecule has 1 aromatic heterocycles. The zero-order valence-corrected chi connectivity index (χ0v) is 11.8. The Hall–Kier alpha value is -1.39. The zero-order chi connectivity index (χ0) is 13.9. The highest BCUT2D eigenvalue weighted by molar-refractivity contribution is 5.75. The van der Waals surface area contributed by atoms with Gasteiger partial charge in [0.05, 0.1) is 5.41 Å². The van der Waals surface area contributed by atoms with Gasteiger partial charge in [-0.15, -0.1) is 10.2 Å². The first-order valence-electron chi connectivity index (χ1n) is 7.17. The number of hydrogen-bond donors (Lipinski definition) is 1. The molecule has 1 saturated carbocycles. The smallest absolute Gasteiger partial charge is 0.310 e. The van der Waals surface area contributed by atoms with Gasteiger partial charge in [-0.3, -0.25) is 4.79 Å². The molecule has 2 rings (SSSR count). The van der Waals surface area contributed by atoms with Crippen LogP contribution in [0.4, 0.5) is 0 Å². The number of aliphatic carboxylic acids is 1. The normalized spacial score (nSPS) is 19.3. The summed E-state index contributed by atoms with van der Waals surface area (Å²) in [6.45, 7) is 4.13. The van der Waals surface area contributed by atoms with Crippen molar-refractivity contribution in [3.63, 3.8) is 0 Å². The number of rotatable bonds is 4. The summed E-state index contributed by atoms with van der Waals surface area (Å²) in [5.41, 5.74) is -0.643. The molecule has 0 atom stereocenters. The Balaban J connectivity index is 2.25. The minimum atomic E-state index is -0.673. The van der Waals surface area contributed by atoms with Crippen LogP contribution in [-0.2, 0) is 11.2 Å². The Bertz CT molecular complexity index is 432. The Morgan fingerprint density at radius 2 is 2.00 bits per heavy atom. The van der Waals surface area contributed by atoms with Crippen LogP contribution >= 0.6 is 0 Å². The maximum Gasteiger partial charge on any atom is 0.310 e. The number of carbonyl (C=O) groups is 1. The highest BCUT2D eigenvalue weighted by Gasteiger charge is 2.40. The second-order valence-corrected chi connectivity index (χ2v) is 5.92. The molecule has 0 aliphatic heterocycles. The Kier molecular flexibility index (Phi) is 4.22. The topological polar surface area (TPSA) is 68.0 Å². The molecular weight excluding hydrogens is 242 g/mol. The second kappa shape index (κ2) is 5.72. The Morgan fingerprint density at radius 3 is 2.53 bits per heavy atom. The summed E-state index contributed by atoms with van der Waals surface area (Å²) >= 11 is 0. The second-order valence-electron chi connectivity index (χ2n) is 5.92. The first kappa shape index (κ1) is 14.0. The van der Waals surface area contributed by atoms with Gasteiger partial charge < -0.3 is 9.67 Å². The molecule has 19 heavy (non-hydrogen) atoms. The Labute approximate surface area is 114 Å². The van der Waals surface area contributed by atoms with Gasteiger partial charge in [-0.1, -0.05) is 25.7 Å². The highest BCUT2D eigenvalue weighted by atomic mass is 16.4. The molecule has 1 aromatic rings. The van der Waals surface area contributed by atoms with Crippen molar-refractivity contribution in [1.29, 1.82) is 0 Å². The van der Waals surface area contributed by atoms with E-state index in [0.29, 0.717) is 6.42 Å². The van der Waals surface area contributed by atoms with Crippen LogP contribution in [-0.4, -0.2) is 25.8 Å². The molecule has 5 heteroatoms. The number of carboxylic acid groups (broad SMARTS) is 1. The minimum absolute atomic E-state index is 0.265. The molecule has 1 heterocycles. The standard InChI is InChI=1S/C14H23N3O2/c1-11(2)17-10-15-16-12(17)9-14(13(18)19)7-5-3-4-6-8-14/h10-11H,3-9H2,1-2H3,(H,18,19). The maximum atomic E-state index is 11.8. The molecular formula is C14H23N3O2. The van der Waals surface area contributed by atoms with Crippen LogP contribution in [0, 0.1) is 5.41 Å². The lowest BCUT2D eigenvalue weighted by Gasteiger charge is -2.28. The van der Waals surface area contributed by atoms with Crippen LogP contribution in [0.1, 0.15) is 64.2 Å². The molecule has 1 aliphatic carbocycles. The van der Waals surface area contributed by atoms with Gasteiger partial charge in [0, 0.05) is 12.5 Å². The molecule has 0 amide bonds. The lowest BCUT2D eigenvalue weighted by molar-refractivity contribution is -0.150. The van der Waals surface area contributed by atoms with Crippen molar-refractivity contribution in [3.8, 4) is 0 Å². The molecule has 1 aliphatic rings. The minimum Gasteiger partial charge on any atom is -0.481 e. The van der Waals surface area contributed by atoms with Crippen molar-refractivity contribution in [2.45, 2.75) is 64.8 Å². The fraction of sp³-hybridized carbons (Fsp3) is 0.786. The maximum absolute atomic E-state index is 11.8. The molecule has 1 N–H and O–H groups in total. The van der Waals surface area contributed by atoms with E-state index in [4.69, 9.17) is 0 Å². The van der Waals surface area contributed by atoms with Crippen LogP contribution in [0.2, 0.25) is 0 Å². The van der Waals surface area contributed by atoms with Gasteiger partial charge in [-0.05, 0) is 26.7 Å². The predicted octanol–water partition coefficient (Wildman–Crippen LogP) is 2.83. The Morgan fingerprint density at radius 1 is 1.37 bits per heavy atom. The van der Waals surface area contributed by atoms with E-state index in [0.717, 1.165) is 44.3 Å². The summed E-state index contributed by atoms with van der Waals surface area (Å²) in [6, 6.07) is 0.265. The third-order valence-corrected chi connectivity index (χ3v) is 4.21. The van der Waals surface area contributed by atoms with Crippen molar-refractivity contribution in [2.24, 2.45) is 5.41 Å². The van der Waals surface area contributed by atoms with Crippen LogP contribution in [0.3, 0.4) is 0 Å². The fourth-order valence-electron chi connectivity index (χ4n) is 3.00. The predicted molar refractivity (Wildman–Crippen MR) is 71.9 cm³/mol. The van der Waals surface area contributed by atoms with Gasteiger partial charge in [0.2, 0.25) is 0 Å². The van der Waals surface area contributed by atoms with E-state index in [9.17, 15) is 9.90 Å². The first-order chi connectivity index (χ1) is 9.05. The zero-order valence-electron chi connectivity index (χ0n) is 11.8. The van der Waals surface area contributed by atoms with Gasteiger partial charge in [0.15, 0.2) is 0 Å². The molecule has 0 saturated heterocycles. The molecule has 0 bridgehead atoms. The van der Waals surface area contributed by atoms with Gasteiger partial charge in [0.25, 0.3) is 0 Å². The SMILES string of the molecule is CC(C)n1cnnc1CC1(C(=O)O)CCCCCC1. The van der Waals surface area contributed by atoms with Crippen LogP contribution < -0.4 is 0 Å². The summed E-state index contributed by atoms with van der Waals surface area (Å²) in [5.74, 6) is 0.131. The molecule has 0 radical (unpaired) electrons. The van der Waals surface area contributed by atoms with Crippen molar-refractivity contribution in [1.82, 2.24) is 14.8 Å². The number of aromatic nitrogens is 3. The van der Waals surface area contributed by atoms with E-state index in [1.54, 1.807) is 6.33 Å². The first-order valence-corrected chi connectivity index (χ1v) is 7.17. The van der Waals surface area contributed by atoms with E-state index in [1.807, 2.05) is 4.57 Å². The van der Waals surface area contributed by atoms with Crippen molar-refractivity contribution in [2.75, 3.05) is 0 Å². The van der Waals surface area contributed by atoms with E-state index < -0.39 is 11.4 Å². The van der Waals surface area contributed by atoms with Crippen molar-refractivity contribution < 1.29 is 9.90 Å². The van der Waals surface area contributed by atoms with Gasteiger partial charge in [-0.25, -0.2) is 0 Å². The number of carboxylic acids is 1. The summed E-state index contributed by atoms with van der Waals surface area (Å²) in [7, 11) is 0. The van der Waals surface area contributed by atoms with Crippen molar-refractivity contribution in [3.05, 3.63) is 12.2 Å². The largest absolute Gasteiger partial charge is 0.481 e. The number of hydrogen-bond acceptors (Lipinski definition) is 3. The molecule has 106 valence electrons. The van der Waals surface area contributed by atoms with E-state index in [-0.39, 0.29) is 6.04 Å². The summed E-state index contributed by atoms with van der Waals surface area (Å²) in [4.78, 5) is 11.8. The average molecular weight is 265 g/mol. The summed E-state index contributed by atoms with van der Waals surface area (Å²) in [5, 5.41) is 17.8. The van der Waals surface area contributed by atoms with E-state index in [2.05, 4.69) is 24.0 Å². The summed E-state index contributed by atoms with van der Waals surface area (Å²) < 4.78 is 1.98. The number of nitrogens with zero attached hydrogens (tertiary/aromatic N) is 3. The average Bonchev–Trinajstić information content (AvgIpc) is 2.67. The quantitative estimate of drug-likeness (QED) is 0.850. The third kappa shape index (κ3) is 2.96. The van der Waals surface area contributed by atoms with Gasteiger partial charge >= 0.3 is 5.97 Å². The van der Waals surface area contributed by atoms with Crippen molar-refractivity contribution >= 4 is 5.97 Å². The van der Waals surface area contributed by atoms with Gasteiger partial charge in [-0.2, -0.15) is 0 Å². The third-order valence-electron chi connectivity index (χ3n) is 4.21. The molecule has 0 spiro atoms. The lowest BCUT2D eigenvalue weighted by atomic mass is 9.77. The van der Waals surface area contributed by atoms with E-state index in [1.165, 1.54) is 0 Å².